The van der Waals surface area contributed by atoms with Crippen molar-refractivity contribution in [3.8, 4) is 0 Å². The van der Waals surface area contributed by atoms with Crippen LogP contribution in [0.15, 0.2) is 36.5 Å². The van der Waals surface area contributed by atoms with Crippen LogP contribution in [0, 0.1) is 0 Å². The third kappa shape index (κ3) is 3.40. The molecule has 0 fully saturated rings. The van der Waals surface area contributed by atoms with E-state index in [0.29, 0.717) is 5.92 Å². The summed E-state index contributed by atoms with van der Waals surface area (Å²) in [5, 5.41) is 11.6. The minimum Gasteiger partial charge on any atom is -0.316 e. The lowest BCUT2D eigenvalue weighted by Gasteiger charge is -2.16. The summed E-state index contributed by atoms with van der Waals surface area (Å²) in [6.07, 6.45) is 2.91. The first kappa shape index (κ1) is 12.8. The molecule has 2 rings (SSSR count). The van der Waals surface area contributed by atoms with Crippen LogP contribution in [0.1, 0.15) is 24.1 Å². The molecule has 0 aliphatic carbocycles. The van der Waals surface area contributed by atoms with E-state index < -0.39 is 0 Å². The monoisotopic (exact) mass is 244 g/mol. The first-order valence-electron chi connectivity index (χ1n) is 6.40. The smallest absolute Gasteiger partial charge is 0.0833 e. The number of hydrogen-bond donors (Lipinski definition) is 1. The van der Waals surface area contributed by atoms with Crippen molar-refractivity contribution < 1.29 is 0 Å². The lowest BCUT2D eigenvalue weighted by molar-refractivity contribution is 0.588. The minimum absolute atomic E-state index is 0.447. The fourth-order valence-electron chi connectivity index (χ4n) is 2.09. The number of rotatable bonds is 6. The van der Waals surface area contributed by atoms with Gasteiger partial charge in [-0.2, -0.15) is 0 Å². The Hall–Kier alpha value is -1.68. The minimum atomic E-state index is 0.447. The standard InChI is InChI=1S/C14H20N4/c1-3-15-10-13(12-7-5-4-6-8-12)9-14-11-18(2)17-16-14/h4-8,11,13,15H,3,9-10H2,1-2H3. The highest BCUT2D eigenvalue weighted by molar-refractivity contribution is 5.21. The molecule has 96 valence electrons. The van der Waals surface area contributed by atoms with Crippen molar-refractivity contribution in [3.05, 3.63) is 47.8 Å². The maximum Gasteiger partial charge on any atom is 0.0833 e. The number of likely N-dealkylation sites (N-methyl/N-ethyl adjacent to an activating group) is 1. The van der Waals surface area contributed by atoms with E-state index in [1.54, 1.807) is 4.68 Å². The highest BCUT2D eigenvalue weighted by Gasteiger charge is 2.13. The van der Waals surface area contributed by atoms with Crippen LogP contribution in [-0.2, 0) is 13.5 Å². The first-order valence-corrected chi connectivity index (χ1v) is 6.40. The summed E-state index contributed by atoms with van der Waals surface area (Å²) in [5.41, 5.74) is 2.40. The van der Waals surface area contributed by atoms with E-state index in [4.69, 9.17) is 0 Å². The third-order valence-corrected chi connectivity index (χ3v) is 3.02. The molecular weight excluding hydrogens is 224 g/mol. The molecule has 0 spiro atoms. The van der Waals surface area contributed by atoms with Crippen LogP contribution in [0.4, 0.5) is 0 Å². The number of hydrogen-bond acceptors (Lipinski definition) is 3. The Morgan fingerprint density at radius 2 is 2.06 bits per heavy atom. The van der Waals surface area contributed by atoms with Gasteiger partial charge in [0.1, 0.15) is 0 Å². The molecule has 0 aliphatic rings. The second kappa shape index (κ2) is 6.31. The Bertz CT molecular complexity index is 464. The highest BCUT2D eigenvalue weighted by Crippen LogP contribution is 2.19. The molecule has 0 aliphatic heterocycles. The second-order valence-electron chi connectivity index (χ2n) is 4.50. The van der Waals surface area contributed by atoms with Gasteiger partial charge in [0.05, 0.1) is 5.69 Å². The van der Waals surface area contributed by atoms with Gasteiger partial charge in [0.25, 0.3) is 0 Å². The van der Waals surface area contributed by atoms with Gasteiger partial charge in [0.2, 0.25) is 0 Å². The summed E-state index contributed by atoms with van der Waals surface area (Å²) in [7, 11) is 1.90. The fourth-order valence-corrected chi connectivity index (χ4v) is 2.09. The second-order valence-corrected chi connectivity index (χ2v) is 4.50. The van der Waals surface area contributed by atoms with Gasteiger partial charge >= 0.3 is 0 Å². The van der Waals surface area contributed by atoms with Crippen molar-refractivity contribution >= 4 is 0 Å². The maximum atomic E-state index is 4.17. The molecule has 4 heteroatoms. The maximum absolute atomic E-state index is 4.17. The number of nitrogens with zero attached hydrogens (tertiary/aromatic N) is 3. The zero-order valence-corrected chi connectivity index (χ0v) is 11.0. The van der Waals surface area contributed by atoms with Gasteiger partial charge < -0.3 is 5.32 Å². The van der Waals surface area contributed by atoms with E-state index in [9.17, 15) is 0 Å². The zero-order chi connectivity index (χ0) is 12.8. The van der Waals surface area contributed by atoms with Gasteiger partial charge in [-0.3, -0.25) is 4.68 Å². The van der Waals surface area contributed by atoms with Crippen molar-refractivity contribution in [2.45, 2.75) is 19.3 Å². The van der Waals surface area contributed by atoms with Crippen molar-refractivity contribution in [3.63, 3.8) is 0 Å². The lowest BCUT2D eigenvalue weighted by atomic mass is 9.94. The highest BCUT2D eigenvalue weighted by atomic mass is 15.4. The third-order valence-electron chi connectivity index (χ3n) is 3.02. The molecule has 0 saturated carbocycles. The Morgan fingerprint density at radius 1 is 1.28 bits per heavy atom. The van der Waals surface area contributed by atoms with Crippen molar-refractivity contribution in [1.29, 1.82) is 0 Å². The van der Waals surface area contributed by atoms with Crippen LogP contribution in [0.2, 0.25) is 0 Å². The van der Waals surface area contributed by atoms with Gasteiger partial charge in [-0.05, 0) is 12.1 Å². The Kier molecular flexibility index (Phi) is 4.47. The van der Waals surface area contributed by atoms with Gasteiger partial charge in [-0.15, -0.1) is 5.10 Å². The molecule has 0 saturated heterocycles. The Balaban J connectivity index is 2.10. The van der Waals surface area contributed by atoms with E-state index in [0.717, 1.165) is 25.2 Å². The predicted molar refractivity (Wildman–Crippen MR) is 72.4 cm³/mol. The summed E-state index contributed by atoms with van der Waals surface area (Å²) in [6.45, 7) is 4.09. The van der Waals surface area contributed by atoms with Gasteiger partial charge in [0.15, 0.2) is 0 Å². The lowest BCUT2D eigenvalue weighted by Crippen LogP contribution is -2.22. The largest absolute Gasteiger partial charge is 0.316 e. The van der Waals surface area contributed by atoms with Crippen molar-refractivity contribution in [1.82, 2.24) is 20.3 Å². The zero-order valence-electron chi connectivity index (χ0n) is 11.0. The molecule has 1 heterocycles. The van der Waals surface area contributed by atoms with Gasteiger partial charge in [-0.1, -0.05) is 42.5 Å². The molecule has 18 heavy (non-hydrogen) atoms. The Morgan fingerprint density at radius 3 is 2.67 bits per heavy atom. The average molecular weight is 244 g/mol. The quantitative estimate of drug-likeness (QED) is 0.842. The average Bonchev–Trinajstić information content (AvgIpc) is 2.81. The van der Waals surface area contributed by atoms with Gasteiger partial charge in [0, 0.05) is 32.1 Å². The molecule has 0 bridgehead atoms. The Labute approximate surface area is 108 Å². The molecule has 1 aromatic heterocycles. The number of benzene rings is 1. The van der Waals surface area contributed by atoms with Crippen LogP contribution in [-0.4, -0.2) is 28.1 Å². The topological polar surface area (TPSA) is 42.7 Å². The molecular formula is C14H20N4. The summed E-state index contributed by atoms with van der Waals surface area (Å²) in [4.78, 5) is 0. The fraction of sp³-hybridized carbons (Fsp3) is 0.429. The number of aryl methyl sites for hydroxylation is 1. The first-order chi connectivity index (χ1) is 8.79. The summed E-state index contributed by atoms with van der Waals surface area (Å²) in [5.74, 6) is 0.447. The number of aromatic nitrogens is 3. The van der Waals surface area contributed by atoms with Crippen LogP contribution >= 0.6 is 0 Å². The van der Waals surface area contributed by atoms with Crippen molar-refractivity contribution in [2.24, 2.45) is 7.05 Å². The molecule has 1 atom stereocenters. The molecule has 1 unspecified atom stereocenters. The van der Waals surface area contributed by atoms with E-state index in [-0.39, 0.29) is 0 Å². The van der Waals surface area contributed by atoms with Gasteiger partial charge in [-0.25, -0.2) is 0 Å². The van der Waals surface area contributed by atoms with Crippen molar-refractivity contribution in [2.75, 3.05) is 13.1 Å². The van der Waals surface area contributed by atoms with Crippen LogP contribution in [0.3, 0.4) is 0 Å². The SMILES string of the molecule is CCNCC(Cc1cn(C)nn1)c1ccccc1. The molecule has 4 nitrogen and oxygen atoms in total. The van der Waals surface area contributed by atoms with E-state index in [1.807, 2.05) is 13.2 Å². The summed E-state index contributed by atoms with van der Waals surface area (Å²) in [6, 6.07) is 10.6. The summed E-state index contributed by atoms with van der Waals surface area (Å²) < 4.78 is 1.75. The molecule has 0 amide bonds. The predicted octanol–water partition coefficient (Wildman–Crippen LogP) is 1.75. The summed E-state index contributed by atoms with van der Waals surface area (Å²) >= 11 is 0. The van der Waals surface area contributed by atoms with Crippen LogP contribution < -0.4 is 5.32 Å². The molecule has 1 N–H and O–H groups in total. The van der Waals surface area contributed by atoms with E-state index in [1.165, 1.54) is 5.56 Å². The molecule has 1 aromatic carbocycles. The van der Waals surface area contributed by atoms with E-state index in [2.05, 4.69) is 52.9 Å². The van der Waals surface area contributed by atoms with Crippen LogP contribution in [0.5, 0.6) is 0 Å². The van der Waals surface area contributed by atoms with Crippen LogP contribution in [0.25, 0.3) is 0 Å². The molecule has 2 aromatic rings. The number of nitrogens with one attached hydrogen (secondary N) is 1. The van der Waals surface area contributed by atoms with E-state index >= 15 is 0 Å². The molecule has 0 radical (unpaired) electrons. The normalized spacial score (nSPS) is 12.6.